The lowest BCUT2D eigenvalue weighted by atomic mass is 10.1. The second-order valence-corrected chi connectivity index (χ2v) is 8.06. The molecule has 1 aliphatic rings. The molecule has 146 valence electrons. The van der Waals surface area contributed by atoms with E-state index in [-0.39, 0.29) is 22.0 Å². The molecule has 9 heteroatoms. The van der Waals surface area contributed by atoms with Crippen LogP contribution in [0.1, 0.15) is 45.0 Å². The van der Waals surface area contributed by atoms with E-state index < -0.39 is 23.6 Å². The van der Waals surface area contributed by atoms with Crippen molar-refractivity contribution in [1.82, 2.24) is 9.88 Å². The fraction of sp³-hybridized carbons (Fsp3) is 0.647. The van der Waals surface area contributed by atoms with Crippen molar-refractivity contribution in [3.8, 4) is 5.75 Å². The van der Waals surface area contributed by atoms with Crippen molar-refractivity contribution >= 4 is 22.0 Å². The lowest BCUT2D eigenvalue weighted by Gasteiger charge is -2.34. The van der Waals surface area contributed by atoms with E-state index in [9.17, 15) is 18.0 Å². The highest BCUT2D eigenvalue weighted by Crippen LogP contribution is 2.36. The Kier molecular flexibility index (Phi) is 6.09. The van der Waals surface area contributed by atoms with Gasteiger partial charge < -0.3 is 14.4 Å². The number of rotatable bonds is 2. The van der Waals surface area contributed by atoms with E-state index in [1.807, 2.05) is 0 Å². The van der Waals surface area contributed by atoms with E-state index in [0.717, 1.165) is 6.07 Å². The molecule has 1 unspecified atom stereocenters. The van der Waals surface area contributed by atoms with Gasteiger partial charge in [0, 0.05) is 6.54 Å². The Labute approximate surface area is 159 Å². The molecule has 1 fully saturated rings. The maximum absolute atomic E-state index is 12.8. The van der Waals surface area contributed by atoms with E-state index in [1.165, 1.54) is 6.92 Å². The van der Waals surface area contributed by atoms with Crippen molar-refractivity contribution in [1.29, 1.82) is 0 Å². The number of piperidine rings is 1. The van der Waals surface area contributed by atoms with Crippen LogP contribution in [0.15, 0.2) is 10.5 Å². The van der Waals surface area contributed by atoms with Crippen LogP contribution in [0.3, 0.4) is 0 Å². The first-order valence-corrected chi connectivity index (χ1v) is 9.05. The van der Waals surface area contributed by atoms with Crippen molar-refractivity contribution in [3.05, 3.63) is 21.9 Å². The third-order valence-electron chi connectivity index (χ3n) is 3.70. The molecule has 0 saturated carbocycles. The molecular formula is C17H22BrF3N2O3. The SMILES string of the molecule is Cc1nc(C(F)(F)F)cc(Br)c1OC1CCCN(C(=O)OC(C)(C)C)C1. The highest BCUT2D eigenvalue weighted by atomic mass is 79.9. The molecule has 1 atom stereocenters. The summed E-state index contributed by atoms with van der Waals surface area (Å²) in [6.45, 7) is 7.69. The zero-order valence-corrected chi connectivity index (χ0v) is 16.7. The second-order valence-electron chi connectivity index (χ2n) is 7.21. The fourth-order valence-corrected chi connectivity index (χ4v) is 3.20. The van der Waals surface area contributed by atoms with E-state index in [4.69, 9.17) is 9.47 Å². The summed E-state index contributed by atoms with van der Waals surface area (Å²) >= 11 is 3.13. The van der Waals surface area contributed by atoms with Gasteiger partial charge in [0.25, 0.3) is 0 Å². The Morgan fingerprint density at radius 3 is 2.54 bits per heavy atom. The summed E-state index contributed by atoms with van der Waals surface area (Å²) in [5.41, 5.74) is -1.43. The molecule has 5 nitrogen and oxygen atoms in total. The Bertz CT molecular complexity index is 651. The van der Waals surface area contributed by atoms with Crippen LogP contribution in [-0.2, 0) is 10.9 Å². The number of alkyl halides is 3. The first-order valence-electron chi connectivity index (χ1n) is 8.26. The quantitative estimate of drug-likeness (QED) is 0.655. The summed E-state index contributed by atoms with van der Waals surface area (Å²) in [6.07, 6.45) is -3.89. The number of halogens is 4. The first kappa shape index (κ1) is 20.8. The maximum atomic E-state index is 12.8. The number of aryl methyl sites for hydroxylation is 1. The molecule has 1 saturated heterocycles. The Morgan fingerprint density at radius 1 is 1.35 bits per heavy atom. The van der Waals surface area contributed by atoms with Crippen LogP contribution in [0.5, 0.6) is 5.75 Å². The summed E-state index contributed by atoms with van der Waals surface area (Å²) < 4.78 is 49.9. The molecule has 1 amide bonds. The molecule has 1 aromatic rings. The number of pyridine rings is 1. The van der Waals surface area contributed by atoms with Crippen molar-refractivity contribution in [2.75, 3.05) is 13.1 Å². The normalized spacial score (nSPS) is 18.6. The zero-order valence-electron chi connectivity index (χ0n) is 15.1. The van der Waals surface area contributed by atoms with Crippen molar-refractivity contribution in [2.24, 2.45) is 0 Å². The summed E-state index contributed by atoms with van der Waals surface area (Å²) in [5.74, 6) is 0.258. The molecule has 0 aliphatic carbocycles. The number of likely N-dealkylation sites (tertiary alicyclic amines) is 1. The van der Waals surface area contributed by atoms with Gasteiger partial charge in [0.15, 0.2) is 5.75 Å². The number of hydrogen-bond donors (Lipinski definition) is 0. The molecule has 0 bridgehead atoms. The Morgan fingerprint density at radius 2 is 2.00 bits per heavy atom. The minimum atomic E-state index is -4.52. The average molecular weight is 439 g/mol. The summed E-state index contributed by atoms with van der Waals surface area (Å²) in [4.78, 5) is 17.3. The van der Waals surface area contributed by atoms with Crippen LogP contribution in [0.2, 0.25) is 0 Å². The number of ether oxygens (including phenoxy) is 2. The topological polar surface area (TPSA) is 51.7 Å². The van der Waals surface area contributed by atoms with Crippen LogP contribution in [0.4, 0.5) is 18.0 Å². The summed E-state index contributed by atoms with van der Waals surface area (Å²) in [5, 5.41) is 0. The maximum Gasteiger partial charge on any atom is 0.433 e. The lowest BCUT2D eigenvalue weighted by Crippen LogP contribution is -2.46. The molecular weight excluding hydrogens is 417 g/mol. The van der Waals surface area contributed by atoms with Crippen LogP contribution < -0.4 is 4.74 Å². The fourth-order valence-electron chi connectivity index (χ4n) is 2.60. The third-order valence-corrected chi connectivity index (χ3v) is 4.29. The molecule has 2 heterocycles. The van der Waals surface area contributed by atoms with Gasteiger partial charge in [-0.1, -0.05) is 0 Å². The number of amides is 1. The molecule has 1 aromatic heterocycles. The average Bonchev–Trinajstić information content (AvgIpc) is 2.48. The summed E-state index contributed by atoms with van der Waals surface area (Å²) in [6, 6.07) is 0.900. The first-order chi connectivity index (χ1) is 11.9. The zero-order chi connectivity index (χ0) is 19.7. The minimum absolute atomic E-state index is 0.140. The minimum Gasteiger partial charge on any atom is -0.485 e. The number of carbonyl (C=O) groups excluding carboxylic acids is 1. The molecule has 0 N–H and O–H groups in total. The predicted molar refractivity (Wildman–Crippen MR) is 93.1 cm³/mol. The van der Waals surface area contributed by atoms with Gasteiger partial charge in [-0.25, -0.2) is 9.78 Å². The van der Waals surface area contributed by atoms with Crippen LogP contribution in [0, 0.1) is 6.92 Å². The number of hydrogen-bond acceptors (Lipinski definition) is 4. The Balaban J connectivity index is 2.10. The largest absolute Gasteiger partial charge is 0.485 e. The van der Waals surface area contributed by atoms with Crippen LogP contribution in [-0.4, -0.2) is 40.8 Å². The van der Waals surface area contributed by atoms with Gasteiger partial charge in [-0.2, -0.15) is 13.2 Å². The van der Waals surface area contributed by atoms with Crippen molar-refractivity contribution in [2.45, 2.75) is 58.4 Å². The van der Waals surface area contributed by atoms with E-state index in [1.54, 1.807) is 25.7 Å². The van der Waals surface area contributed by atoms with E-state index in [0.29, 0.717) is 25.9 Å². The Hall–Kier alpha value is -1.51. The number of nitrogens with zero attached hydrogens (tertiary/aromatic N) is 2. The van der Waals surface area contributed by atoms with Crippen LogP contribution >= 0.6 is 15.9 Å². The van der Waals surface area contributed by atoms with Gasteiger partial charge in [0.2, 0.25) is 0 Å². The van der Waals surface area contributed by atoms with Crippen LogP contribution in [0.25, 0.3) is 0 Å². The number of aromatic nitrogens is 1. The van der Waals surface area contributed by atoms with E-state index in [2.05, 4.69) is 20.9 Å². The van der Waals surface area contributed by atoms with E-state index >= 15 is 0 Å². The molecule has 0 radical (unpaired) electrons. The van der Waals surface area contributed by atoms with Gasteiger partial charge >= 0.3 is 12.3 Å². The smallest absolute Gasteiger partial charge is 0.433 e. The predicted octanol–water partition coefficient (Wildman–Crippen LogP) is 4.95. The highest BCUT2D eigenvalue weighted by Gasteiger charge is 2.34. The molecule has 1 aliphatic heterocycles. The number of carbonyl (C=O) groups is 1. The van der Waals surface area contributed by atoms with Crippen molar-refractivity contribution in [3.63, 3.8) is 0 Å². The van der Waals surface area contributed by atoms with Crippen molar-refractivity contribution < 1.29 is 27.4 Å². The van der Waals surface area contributed by atoms with Gasteiger partial charge in [-0.3, -0.25) is 0 Å². The third kappa shape index (κ3) is 5.49. The molecule has 0 spiro atoms. The highest BCUT2D eigenvalue weighted by molar-refractivity contribution is 9.10. The monoisotopic (exact) mass is 438 g/mol. The summed E-state index contributed by atoms with van der Waals surface area (Å²) in [7, 11) is 0. The van der Waals surface area contributed by atoms with Gasteiger partial charge in [-0.15, -0.1) is 0 Å². The lowest BCUT2D eigenvalue weighted by molar-refractivity contribution is -0.141. The second kappa shape index (κ2) is 7.62. The molecule has 26 heavy (non-hydrogen) atoms. The van der Waals surface area contributed by atoms with Gasteiger partial charge in [0.1, 0.15) is 17.4 Å². The van der Waals surface area contributed by atoms with Gasteiger partial charge in [-0.05, 0) is 62.5 Å². The van der Waals surface area contributed by atoms with Gasteiger partial charge in [0.05, 0.1) is 16.7 Å². The standard InChI is InChI=1S/C17H22BrF3N2O3/c1-10-14(12(18)8-13(22-10)17(19,20)21)25-11-6-5-7-23(9-11)15(24)26-16(2,3)4/h8,11H,5-7,9H2,1-4H3. The molecule has 2 rings (SSSR count). The molecule has 0 aromatic carbocycles.